The first-order valence-corrected chi connectivity index (χ1v) is 24.1. The van der Waals surface area contributed by atoms with Crippen molar-refractivity contribution in [1.29, 1.82) is 0 Å². The number of hydrogen-bond acceptors (Lipinski definition) is 14. The molecule has 0 radical (unpaired) electrons. The van der Waals surface area contributed by atoms with Crippen LogP contribution in [0.15, 0.2) is 34.5 Å². The fourth-order valence-corrected chi connectivity index (χ4v) is 6.99. The van der Waals surface area contributed by atoms with E-state index in [-0.39, 0.29) is 54.8 Å². The highest BCUT2D eigenvalue weighted by Gasteiger charge is 2.54. The lowest BCUT2D eigenvalue weighted by atomic mass is 9.88. The third kappa shape index (κ3) is 16.3. The lowest BCUT2D eigenvalue weighted by Gasteiger charge is -2.24. The molecule has 5 rings (SSSR count). The van der Waals surface area contributed by atoms with Crippen molar-refractivity contribution in [3.8, 4) is 0 Å². The van der Waals surface area contributed by atoms with Gasteiger partial charge in [0.25, 0.3) is 23.6 Å². The van der Waals surface area contributed by atoms with Crippen LogP contribution in [0, 0.1) is 11.8 Å². The first kappa shape index (κ1) is 60.9. The number of aryl methyl sites for hydroxylation is 2. The number of pyridine rings is 2. The Morgan fingerprint density at radius 3 is 1.82 bits per heavy atom. The van der Waals surface area contributed by atoms with Crippen LogP contribution in [0.3, 0.4) is 0 Å². The Morgan fingerprint density at radius 2 is 1.34 bits per heavy atom. The summed E-state index contributed by atoms with van der Waals surface area (Å²) in [5.41, 5.74) is 7.20. The number of halogens is 1. The number of carbonyl (C=O) groups excluding carboxylic acids is 6. The quantitative estimate of drug-likeness (QED) is 0.0671. The number of aromatic nitrogens is 2. The van der Waals surface area contributed by atoms with Crippen molar-refractivity contribution >= 4 is 59.1 Å². The predicted octanol–water partition coefficient (Wildman–Crippen LogP) is 7.39. The van der Waals surface area contributed by atoms with Crippen LogP contribution in [0.2, 0.25) is 0 Å². The zero-order valence-corrected chi connectivity index (χ0v) is 42.7. The number of aliphatic imine (C=N–C) groups is 2. The van der Waals surface area contributed by atoms with E-state index in [1.165, 1.54) is 31.6 Å². The first-order chi connectivity index (χ1) is 31.8. The van der Waals surface area contributed by atoms with E-state index in [4.69, 9.17) is 17.6 Å². The van der Waals surface area contributed by atoms with E-state index in [0.717, 1.165) is 62.5 Å². The number of rotatable bonds is 20. The molecular weight excluding hydrogens is 890 g/mol. The molecule has 0 bridgehead atoms. The second-order valence-electron chi connectivity index (χ2n) is 17.4. The van der Waals surface area contributed by atoms with Gasteiger partial charge < -0.3 is 30.3 Å². The van der Waals surface area contributed by atoms with Crippen LogP contribution < -0.4 is 16.4 Å². The van der Waals surface area contributed by atoms with Crippen LogP contribution >= 0.6 is 11.9 Å². The molecular formula is C50H80ClN9O8. The van der Waals surface area contributed by atoms with Gasteiger partial charge in [0.15, 0.2) is 11.7 Å². The molecule has 2 aromatic heterocycles. The Morgan fingerprint density at radius 1 is 0.794 bits per heavy atom. The summed E-state index contributed by atoms with van der Waals surface area (Å²) in [5.74, 6) is -0.791. The maximum atomic E-state index is 12.9. The van der Waals surface area contributed by atoms with Crippen LogP contribution in [-0.4, -0.2) is 118 Å². The molecule has 17 nitrogen and oxygen atoms in total. The number of fused-ring (bicyclic) bond motifs is 3. The molecule has 2 aromatic rings. The number of imide groups is 1. The molecule has 380 valence electrons. The summed E-state index contributed by atoms with van der Waals surface area (Å²) in [6.45, 7) is 26.6. The molecule has 0 aliphatic carbocycles. The standard InChI is InChI=1S/C22H32N4O4.C15H17N3O2.C6H12ClNO2.C6H15N.CH4/c1-6-15-12-16(20(28)23-11-9-7-8-10-17(27)30-5)18(24-13-15)19-25-21(29)22(4,26-19)14(2)3;1-5-9-6-10-11(16-7-9)12-17-15(4,8(2)3)14(20)18(12)13(10)19;7-10-6(9)4-2-1-3-5-8;1-4-7(5-2)6-3;/h12-14H,6-11H2,1-5H3,(H,23,28)(H,25,26,29);6-8H,5H2,1-4H3;1-5,8H2;4-6H2,1-3H3;1H4. The van der Waals surface area contributed by atoms with Crippen LogP contribution in [0.1, 0.15) is 178 Å². The lowest BCUT2D eigenvalue weighted by Crippen LogP contribution is -2.44. The average Bonchev–Trinajstić information content (AvgIpc) is 3.90. The van der Waals surface area contributed by atoms with Crippen molar-refractivity contribution in [2.24, 2.45) is 27.6 Å². The van der Waals surface area contributed by atoms with Crippen molar-refractivity contribution in [3.63, 3.8) is 0 Å². The molecule has 3 aliphatic heterocycles. The number of amides is 4. The molecule has 0 spiro atoms. The highest BCUT2D eigenvalue weighted by Crippen LogP contribution is 2.37. The molecule has 0 aromatic carbocycles. The van der Waals surface area contributed by atoms with E-state index in [1.54, 1.807) is 32.3 Å². The van der Waals surface area contributed by atoms with Crippen LogP contribution in [0.5, 0.6) is 0 Å². The number of nitrogens with one attached hydrogen (secondary N) is 2. The fraction of sp³-hybridized carbons (Fsp3) is 0.640. The molecule has 3 aliphatic rings. The van der Waals surface area contributed by atoms with Gasteiger partial charge in [0.05, 0.1) is 18.2 Å². The van der Waals surface area contributed by atoms with E-state index in [2.05, 4.69) is 65.3 Å². The second kappa shape index (κ2) is 29.7. The third-order valence-electron chi connectivity index (χ3n) is 12.4. The number of hydrogen-bond donors (Lipinski definition) is 3. The number of unbranched alkanes of at least 4 members (excludes halogenated alkanes) is 4. The summed E-state index contributed by atoms with van der Waals surface area (Å²) in [6.07, 6.45) is 10.8. The van der Waals surface area contributed by atoms with Gasteiger partial charge in [-0.1, -0.05) is 82.6 Å². The molecule has 5 heterocycles. The monoisotopic (exact) mass is 970 g/mol. The summed E-state index contributed by atoms with van der Waals surface area (Å²) in [7, 11) is 1.37. The molecule has 0 saturated heterocycles. The Hall–Kier alpha value is -5.13. The topological polar surface area (TPSA) is 228 Å². The molecule has 68 heavy (non-hydrogen) atoms. The number of methoxy groups -OCH3 is 1. The summed E-state index contributed by atoms with van der Waals surface area (Å²) < 4.78 is 8.55. The number of nitrogens with zero attached hydrogens (tertiary/aromatic N) is 6. The van der Waals surface area contributed by atoms with E-state index in [0.29, 0.717) is 60.1 Å². The predicted molar refractivity (Wildman–Crippen MR) is 269 cm³/mol. The van der Waals surface area contributed by atoms with Gasteiger partial charge in [0.2, 0.25) is 0 Å². The van der Waals surface area contributed by atoms with Crippen molar-refractivity contribution in [1.82, 2.24) is 30.4 Å². The van der Waals surface area contributed by atoms with Gasteiger partial charge in [0.1, 0.15) is 34.3 Å². The van der Waals surface area contributed by atoms with Crippen molar-refractivity contribution in [2.45, 2.75) is 159 Å². The summed E-state index contributed by atoms with van der Waals surface area (Å²) in [4.78, 5) is 93.3. The van der Waals surface area contributed by atoms with Gasteiger partial charge in [-0.3, -0.25) is 38.7 Å². The molecule has 2 unspecified atom stereocenters. The Labute approximate surface area is 410 Å². The van der Waals surface area contributed by atoms with Crippen LogP contribution in [0.4, 0.5) is 0 Å². The van der Waals surface area contributed by atoms with Crippen LogP contribution in [-0.2, 0) is 41.0 Å². The molecule has 0 saturated carbocycles. The molecule has 0 fully saturated rings. The molecule has 4 amide bonds. The minimum absolute atomic E-state index is 0. The normalized spacial score (nSPS) is 17.6. The van der Waals surface area contributed by atoms with Crippen molar-refractivity contribution in [3.05, 3.63) is 58.2 Å². The lowest BCUT2D eigenvalue weighted by molar-refractivity contribution is -0.140. The summed E-state index contributed by atoms with van der Waals surface area (Å²) in [6, 6.07) is 3.61. The van der Waals surface area contributed by atoms with Crippen molar-refractivity contribution < 1.29 is 37.8 Å². The minimum atomic E-state index is -0.881. The number of amidine groups is 2. The minimum Gasteiger partial charge on any atom is -0.469 e. The zero-order chi connectivity index (χ0) is 50.5. The number of esters is 1. The maximum Gasteiger partial charge on any atom is 0.324 e. The number of nitrogens with two attached hydrogens (primary N) is 1. The second-order valence-corrected chi connectivity index (χ2v) is 17.6. The zero-order valence-electron chi connectivity index (χ0n) is 42.0. The molecule has 4 N–H and O–H groups in total. The summed E-state index contributed by atoms with van der Waals surface area (Å²) in [5, 5.41) is 5.71. The Bertz CT molecular complexity index is 2070. The van der Waals surface area contributed by atoms with E-state index in [9.17, 15) is 28.8 Å². The molecule has 18 heteroatoms. The van der Waals surface area contributed by atoms with E-state index >= 15 is 0 Å². The molecule has 2 atom stereocenters. The highest BCUT2D eigenvalue weighted by molar-refractivity contribution is 6.33. The number of carbonyl (C=O) groups is 6. The SMILES string of the molecule is C.CCN(CC)CC.CCc1cnc(C2=NC(C)(C(C)C)C(=O)N2)c(C(=O)NCCCCCC(=O)OC)c1.CCc1cnc2c(c1)C(=O)N1C(=O)C(C)(C(C)C)N=C21.NCCCCCC(=O)OCl. The van der Waals surface area contributed by atoms with E-state index in [1.807, 2.05) is 47.6 Å². The van der Waals surface area contributed by atoms with Crippen LogP contribution in [0.25, 0.3) is 0 Å². The van der Waals surface area contributed by atoms with Crippen molar-refractivity contribution in [2.75, 3.05) is 39.8 Å². The maximum absolute atomic E-state index is 12.9. The van der Waals surface area contributed by atoms with E-state index < -0.39 is 11.1 Å². The van der Waals surface area contributed by atoms with Gasteiger partial charge in [-0.2, -0.15) is 0 Å². The van der Waals surface area contributed by atoms with Gasteiger partial charge in [-0.05, 0) is 114 Å². The van der Waals surface area contributed by atoms with Gasteiger partial charge in [0, 0.05) is 31.8 Å². The fourth-order valence-electron chi connectivity index (χ4n) is 6.91. The smallest absolute Gasteiger partial charge is 0.324 e. The number of ether oxygens (including phenoxy) is 1. The van der Waals surface area contributed by atoms with Gasteiger partial charge in [-0.25, -0.2) is 14.9 Å². The Kier molecular flexibility index (Phi) is 26.6. The van der Waals surface area contributed by atoms with Gasteiger partial charge >= 0.3 is 11.9 Å². The average molecular weight is 971 g/mol. The largest absolute Gasteiger partial charge is 0.469 e. The third-order valence-corrected chi connectivity index (χ3v) is 12.5. The highest BCUT2D eigenvalue weighted by atomic mass is 35.5. The summed E-state index contributed by atoms with van der Waals surface area (Å²) >= 11 is 4.79. The first-order valence-electron chi connectivity index (χ1n) is 23.8. The Balaban J connectivity index is 0.000000519. The van der Waals surface area contributed by atoms with Gasteiger partial charge in [-0.15, -0.1) is 0 Å².